The highest BCUT2D eigenvalue weighted by Crippen LogP contribution is 2.24. The Morgan fingerprint density at radius 1 is 1.18 bits per heavy atom. The van der Waals surface area contributed by atoms with E-state index in [0.717, 1.165) is 5.56 Å². The van der Waals surface area contributed by atoms with Gasteiger partial charge in [0.25, 0.3) is 5.91 Å². The van der Waals surface area contributed by atoms with Gasteiger partial charge in [-0.25, -0.2) is 0 Å². The van der Waals surface area contributed by atoms with Gasteiger partial charge in [0.05, 0.1) is 6.54 Å². The lowest BCUT2D eigenvalue weighted by Crippen LogP contribution is -2.32. The fourth-order valence-electron chi connectivity index (χ4n) is 2.30. The van der Waals surface area contributed by atoms with E-state index >= 15 is 0 Å². The molecule has 2 aromatic rings. The van der Waals surface area contributed by atoms with Crippen molar-refractivity contribution in [3.05, 3.63) is 65.2 Å². The van der Waals surface area contributed by atoms with Gasteiger partial charge in [0.15, 0.2) is 6.61 Å². The van der Waals surface area contributed by atoms with Gasteiger partial charge in [-0.2, -0.15) is 0 Å². The van der Waals surface area contributed by atoms with Crippen molar-refractivity contribution in [2.75, 3.05) is 19.9 Å². The zero-order valence-corrected chi connectivity index (χ0v) is 12.7. The minimum atomic E-state index is -0.0895. The Morgan fingerprint density at radius 2 is 1.91 bits per heavy atom. The van der Waals surface area contributed by atoms with E-state index in [1.165, 1.54) is 0 Å². The van der Waals surface area contributed by atoms with Crippen LogP contribution in [0.4, 0.5) is 0 Å². The first-order valence-corrected chi connectivity index (χ1v) is 7.43. The topological polar surface area (TPSA) is 38.8 Å². The lowest BCUT2D eigenvalue weighted by Gasteiger charge is -2.14. The van der Waals surface area contributed by atoms with Gasteiger partial charge in [-0.15, -0.1) is 0 Å². The number of hydrogen-bond donors (Lipinski definition) is 0. The van der Waals surface area contributed by atoms with Crippen LogP contribution in [-0.2, 0) is 9.53 Å². The second-order valence-electron chi connectivity index (χ2n) is 5.05. The molecule has 4 nitrogen and oxygen atoms in total. The zero-order valence-electron chi connectivity index (χ0n) is 11.9. The number of nitrogens with zero attached hydrogens (tertiary/aromatic N) is 1. The Kier molecular flexibility index (Phi) is 4.61. The van der Waals surface area contributed by atoms with Crippen molar-refractivity contribution in [3.63, 3.8) is 0 Å². The van der Waals surface area contributed by atoms with Crippen LogP contribution in [0, 0.1) is 0 Å². The minimum absolute atomic E-state index is 0.00744. The summed E-state index contributed by atoms with van der Waals surface area (Å²) in [6, 6.07) is 16.8. The van der Waals surface area contributed by atoms with Crippen LogP contribution in [0.25, 0.3) is 0 Å². The van der Waals surface area contributed by atoms with Gasteiger partial charge < -0.3 is 14.4 Å². The highest BCUT2D eigenvalue weighted by atomic mass is 35.5. The zero-order chi connectivity index (χ0) is 15.4. The number of benzene rings is 2. The molecule has 1 aliphatic heterocycles. The molecule has 22 heavy (non-hydrogen) atoms. The summed E-state index contributed by atoms with van der Waals surface area (Å²) < 4.78 is 11.1. The molecule has 0 N–H and O–H groups in total. The molecule has 3 rings (SSSR count). The van der Waals surface area contributed by atoms with Crippen LogP contribution in [0.15, 0.2) is 54.6 Å². The largest absolute Gasteiger partial charge is 0.484 e. The Bertz CT molecular complexity index is 630. The number of hydrogen-bond acceptors (Lipinski definition) is 3. The average molecular weight is 318 g/mol. The first kappa shape index (κ1) is 14.9. The van der Waals surface area contributed by atoms with E-state index in [-0.39, 0.29) is 18.6 Å². The third-order valence-electron chi connectivity index (χ3n) is 3.52. The summed E-state index contributed by atoms with van der Waals surface area (Å²) >= 11 is 5.80. The molecule has 1 heterocycles. The van der Waals surface area contributed by atoms with Crippen molar-refractivity contribution in [2.45, 2.75) is 6.10 Å². The van der Waals surface area contributed by atoms with E-state index in [0.29, 0.717) is 24.0 Å². The van der Waals surface area contributed by atoms with Crippen LogP contribution in [-0.4, -0.2) is 30.7 Å². The van der Waals surface area contributed by atoms with E-state index in [1.54, 1.807) is 29.2 Å². The standard InChI is InChI=1S/C17H16ClNO3/c18-14-6-8-15(9-7-14)21-11-17(20)19-10-16(22-12-19)13-4-2-1-3-5-13/h1-9,16H,10-12H2. The maximum atomic E-state index is 12.2. The number of carbonyl (C=O) groups excluding carboxylic acids is 1. The van der Waals surface area contributed by atoms with Crippen LogP contribution in [0.2, 0.25) is 5.02 Å². The summed E-state index contributed by atoms with van der Waals surface area (Å²) in [5.74, 6) is 0.533. The first-order valence-electron chi connectivity index (χ1n) is 7.05. The molecule has 114 valence electrons. The lowest BCUT2D eigenvalue weighted by atomic mass is 10.1. The van der Waals surface area contributed by atoms with Gasteiger partial charge in [-0.05, 0) is 29.8 Å². The van der Waals surface area contributed by atoms with Crippen molar-refractivity contribution < 1.29 is 14.3 Å². The highest BCUT2D eigenvalue weighted by Gasteiger charge is 2.28. The SMILES string of the molecule is O=C(COc1ccc(Cl)cc1)N1COC(c2ccccc2)C1. The summed E-state index contributed by atoms with van der Waals surface area (Å²) in [7, 11) is 0. The summed E-state index contributed by atoms with van der Waals surface area (Å²) in [5, 5.41) is 0.636. The van der Waals surface area contributed by atoms with Crippen molar-refractivity contribution in [2.24, 2.45) is 0 Å². The van der Waals surface area contributed by atoms with Crippen molar-refractivity contribution in [3.8, 4) is 5.75 Å². The molecule has 5 heteroatoms. The van der Waals surface area contributed by atoms with Crippen LogP contribution in [0.5, 0.6) is 5.75 Å². The van der Waals surface area contributed by atoms with Crippen LogP contribution in [0.3, 0.4) is 0 Å². The predicted octanol–water partition coefficient (Wildman–Crippen LogP) is 3.28. The molecule has 1 atom stereocenters. The van der Waals surface area contributed by atoms with Crippen molar-refractivity contribution in [1.29, 1.82) is 0 Å². The molecular weight excluding hydrogens is 302 g/mol. The van der Waals surface area contributed by atoms with Gasteiger partial charge in [0.2, 0.25) is 0 Å². The summed E-state index contributed by atoms with van der Waals surface area (Å²) in [5.41, 5.74) is 1.08. The average Bonchev–Trinajstić information content (AvgIpc) is 3.05. The fraction of sp³-hybridized carbons (Fsp3) is 0.235. The summed E-state index contributed by atoms with van der Waals surface area (Å²) in [6.45, 7) is 0.835. The fourth-order valence-corrected chi connectivity index (χ4v) is 2.42. The molecule has 0 aromatic heterocycles. The summed E-state index contributed by atoms with van der Waals surface area (Å²) in [4.78, 5) is 13.8. The van der Waals surface area contributed by atoms with E-state index in [4.69, 9.17) is 21.1 Å². The molecule has 2 aromatic carbocycles. The predicted molar refractivity (Wildman–Crippen MR) is 83.8 cm³/mol. The number of rotatable bonds is 4. The Balaban J connectivity index is 1.52. The van der Waals surface area contributed by atoms with Crippen LogP contribution in [0.1, 0.15) is 11.7 Å². The number of halogens is 1. The normalized spacial score (nSPS) is 17.5. The third-order valence-corrected chi connectivity index (χ3v) is 3.77. The smallest absolute Gasteiger partial charge is 0.262 e. The van der Waals surface area contributed by atoms with E-state index in [1.807, 2.05) is 30.3 Å². The van der Waals surface area contributed by atoms with E-state index in [9.17, 15) is 4.79 Å². The van der Waals surface area contributed by atoms with Gasteiger partial charge in [-0.1, -0.05) is 41.9 Å². The molecule has 0 bridgehead atoms. The van der Waals surface area contributed by atoms with Crippen molar-refractivity contribution >= 4 is 17.5 Å². The van der Waals surface area contributed by atoms with Crippen molar-refractivity contribution in [1.82, 2.24) is 4.90 Å². The minimum Gasteiger partial charge on any atom is -0.484 e. The molecular formula is C17H16ClNO3. The molecule has 1 unspecified atom stereocenters. The third kappa shape index (κ3) is 3.59. The van der Waals surface area contributed by atoms with Gasteiger partial charge in [0.1, 0.15) is 18.6 Å². The molecule has 1 fully saturated rings. The highest BCUT2D eigenvalue weighted by molar-refractivity contribution is 6.30. The van der Waals surface area contributed by atoms with Gasteiger partial charge in [-0.3, -0.25) is 4.79 Å². The molecule has 0 saturated carbocycles. The molecule has 1 aliphatic rings. The van der Waals surface area contributed by atoms with Crippen LogP contribution >= 0.6 is 11.6 Å². The second kappa shape index (κ2) is 6.81. The lowest BCUT2D eigenvalue weighted by molar-refractivity contribution is -0.133. The van der Waals surface area contributed by atoms with Crippen LogP contribution < -0.4 is 4.74 Å². The number of ether oxygens (including phenoxy) is 2. The number of carbonyl (C=O) groups is 1. The Labute approximate surface area is 134 Å². The van der Waals surface area contributed by atoms with E-state index < -0.39 is 0 Å². The maximum absolute atomic E-state index is 12.2. The molecule has 0 radical (unpaired) electrons. The number of amides is 1. The van der Waals surface area contributed by atoms with E-state index in [2.05, 4.69) is 0 Å². The monoisotopic (exact) mass is 317 g/mol. The molecule has 0 aliphatic carbocycles. The second-order valence-corrected chi connectivity index (χ2v) is 5.49. The Hall–Kier alpha value is -2.04. The molecule has 1 saturated heterocycles. The van der Waals surface area contributed by atoms with Gasteiger partial charge >= 0.3 is 0 Å². The maximum Gasteiger partial charge on any atom is 0.262 e. The summed E-state index contributed by atoms with van der Waals surface area (Å²) in [6.07, 6.45) is -0.0688. The van der Waals surface area contributed by atoms with Gasteiger partial charge in [0, 0.05) is 5.02 Å². The quantitative estimate of drug-likeness (QED) is 0.868. The first-order chi connectivity index (χ1) is 10.7. The molecule has 1 amide bonds. The molecule has 0 spiro atoms. The Morgan fingerprint density at radius 3 is 2.64 bits per heavy atom.